The molecule has 232 valence electrons. The summed E-state index contributed by atoms with van der Waals surface area (Å²) in [6.45, 7) is 10.7. The second-order valence-electron chi connectivity index (χ2n) is 12.2. The molecule has 0 unspecified atom stereocenters. The van der Waals surface area contributed by atoms with Crippen LogP contribution in [0.25, 0.3) is 16.5 Å². The van der Waals surface area contributed by atoms with E-state index < -0.39 is 0 Å². The third-order valence-corrected chi connectivity index (χ3v) is 7.34. The average Bonchev–Trinajstić information content (AvgIpc) is 3.45. The maximum Gasteiger partial charge on any atom is 0.324 e. The molecule has 0 saturated carbocycles. The fourth-order valence-electron chi connectivity index (χ4n) is 5.17. The van der Waals surface area contributed by atoms with Gasteiger partial charge in [-0.3, -0.25) is 10.3 Å². The molecule has 10 heteroatoms. The van der Waals surface area contributed by atoms with E-state index in [0.29, 0.717) is 35.5 Å². The standard InChI is InChI=1S/C36H36N8O2/c1-23-16-24(2)18-26(17-23)44-34(20-31(43-44)36(3,4)5)42-35(45)40-29-10-11-30(28-9-7-6-8-27(28)29)46-22-25-12-13-38-32(19-25)41-33-21-37-14-15-39-33/h6-21H,22H2,1-5H3,(H,38,39,41)(H2,40,42,45). The van der Waals surface area contributed by atoms with Gasteiger partial charge in [0.1, 0.15) is 29.8 Å². The average molecular weight is 613 g/mol. The number of rotatable bonds is 8. The summed E-state index contributed by atoms with van der Waals surface area (Å²) >= 11 is 0. The number of amides is 2. The lowest BCUT2D eigenvalue weighted by Crippen LogP contribution is -2.21. The van der Waals surface area contributed by atoms with E-state index in [1.54, 1.807) is 29.5 Å². The predicted octanol–water partition coefficient (Wildman–Crippen LogP) is 8.09. The van der Waals surface area contributed by atoms with Crippen molar-refractivity contribution in [3.8, 4) is 11.4 Å². The first kappa shape index (κ1) is 30.3. The molecule has 0 fully saturated rings. The van der Waals surface area contributed by atoms with Gasteiger partial charge >= 0.3 is 6.03 Å². The zero-order valence-corrected chi connectivity index (χ0v) is 26.5. The number of fused-ring (bicyclic) bond motifs is 1. The molecule has 0 bridgehead atoms. The minimum Gasteiger partial charge on any atom is -0.488 e. The van der Waals surface area contributed by atoms with Crippen molar-refractivity contribution in [3.63, 3.8) is 0 Å². The molecule has 6 rings (SSSR count). The number of nitrogens with one attached hydrogen (secondary N) is 3. The van der Waals surface area contributed by atoms with Crippen molar-refractivity contribution in [1.29, 1.82) is 0 Å². The molecular weight excluding hydrogens is 576 g/mol. The summed E-state index contributed by atoms with van der Waals surface area (Å²) in [5.41, 5.74) is 5.40. The topological polar surface area (TPSA) is 119 Å². The van der Waals surface area contributed by atoms with Crippen LogP contribution in [0.4, 0.5) is 27.9 Å². The summed E-state index contributed by atoms with van der Waals surface area (Å²) in [5, 5.41) is 15.8. The van der Waals surface area contributed by atoms with Gasteiger partial charge in [-0.1, -0.05) is 51.1 Å². The molecule has 0 aliphatic heterocycles. The van der Waals surface area contributed by atoms with Gasteiger partial charge in [-0.15, -0.1) is 0 Å². The minimum absolute atomic E-state index is 0.200. The van der Waals surface area contributed by atoms with E-state index in [2.05, 4.69) is 83.7 Å². The van der Waals surface area contributed by atoms with Crippen LogP contribution in [0.1, 0.15) is 43.2 Å². The maximum atomic E-state index is 13.4. The van der Waals surface area contributed by atoms with Crippen molar-refractivity contribution in [3.05, 3.63) is 120 Å². The lowest BCUT2D eigenvalue weighted by molar-refractivity contribution is 0.262. The number of aromatic nitrogens is 5. The maximum absolute atomic E-state index is 13.4. The molecule has 3 aromatic heterocycles. The monoisotopic (exact) mass is 612 g/mol. The molecule has 3 heterocycles. The van der Waals surface area contributed by atoms with Crippen molar-refractivity contribution >= 4 is 39.9 Å². The number of aryl methyl sites for hydroxylation is 2. The summed E-state index contributed by atoms with van der Waals surface area (Å²) in [5.74, 6) is 2.53. The number of hydrogen-bond acceptors (Lipinski definition) is 7. The lowest BCUT2D eigenvalue weighted by Gasteiger charge is -2.15. The SMILES string of the molecule is Cc1cc(C)cc(-n2nc(C(C)(C)C)cc2NC(=O)Nc2ccc(OCc3ccnc(Nc4cnccn4)c3)c3ccccc23)c1. The molecule has 3 aromatic carbocycles. The molecule has 0 atom stereocenters. The number of anilines is 4. The molecule has 0 aliphatic carbocycles. The second-order valence-corrected chi connectivity index (χ2v) is 12.2. The van der Waals surface area contributed by atoms with Gasteiger partial charge in [0.05, 0.1) is 23.3 Å². The zero-order chi connectivity index (χ0) is 32.3. The summed E-state index contributed by atoms with van der Waals surface area (Å²) < 4.78 is 8.06. The Bertz CT molecular complexity index is 1990. The van der Waals surface area contributed by atoms with E-state index in [0.717, 1.165) is 38.8 Å². The molecule has 6 aromatic rings. The molecule has 2 amide bonds. The normalized spacial score (nSPS) is 11.3. The van der Waals surface area contributed by atoms with Crippen LogP contribution >= 0.6 is 0 Å². The molecule has 0 radical (unpaired) electrons. The number of hydrogen-bond donors (Lipinski definition) is 3. The first-order valence-electron chi connectivity index (χ1n) is 15.0. The van der Waals surface area contributed by atoms with Crippen molar-refractivity contribution in [2.45, 2.75) is 46.6 Å². The number of nitrogens with zero attached hydrogens (tertiary/aromatic N) is 5. The van der Waals surface area contributed by atoms with Crippen molar-refractivity contribution in [2.75, 3.05) is 16.0 Å². The highest BCUT2D eigenvalue weighted by Gasteiger charge is 2.22. The Balaban J connectivity index is 1.20. The Morgan fingerprint density at radius 1 is 0.826 bits per heavy atom. The van der Waals surface area contributed by atoms with E-state index in [9.17, 15) is 4.79 Å². The van der Waals surface area contributed by atoms with Gasteiger partial charge in [-0.05, 0) is 66.9 Å². The predicted molar refractivity (Wildman–Crippen MR) is 182 cm³/mol. The lowest BCUT2D eigenvalue weighted by atomic mass is 9.92. The van der Waals surface area contributed by atoms with Gasteiger partial charge in [0.2, 0.25) is 0 Å². The Labute approximate surface area is 267 Å². The van der Waals surface area contributed by atoms with Crippen LogP contribution in [0.3, 0.4) is 0 Å². The fraction of sp³-hybridized carbons (Fsp3) is 0.194. The number of urea groups is 1. The molecule has 0 spiro atoms. The summed E-state index contributed by atoms with van der Waals surface area (Å²) in [6, 6.07) is 23.2. The van der Waals surface area contributed by atoms with Crippen molar-refractivity contribution in [1.82, 2.24) is 24.7 Å². The van der Waals surface area contributed by atoms with E-state index in [1.165, 1.54) is 0 Å². The van der Waals surface area contributed by atoms with E-state index in [-0.39, 0.29) is 11.4 Å². The first-order chi connectivity index (χ1) is 22.1. The second kappa shape index (κ2) is 12.7. The van der Waals surface area contributed by atoms with Crippen LogP contribution in [-0.4, -0.2) is 30.8 Å². The fourth-order valence-corrected chi connectivity index (χ4v) is 5.17. The van der Waals surface area contributed by atoms with Crippen LogP contribution in [0.2, 0.25) is 0 Å². The quantitative estimate of drug-likeness (QED) is 0.159. The van der Waals surface area contributed by atoms with Crippen LogP contribution in [0, 0.1) is 13.8 Å². The molecule has 10 nitrogen and oxygen atoms in total. The van der Waals surface area contributed by atoms with Crippen LogP contribution in [-0.2, 0) is 12.0 Å². The first-order valence-corrected chi connectivity index (χ1v) is 15.0. The largest absolute Gasteiger partial charge is 0.488 e. The number of benzene rings is 3. The van der Waals surface area contributed by atoms with Crippen molar-refractivity contribution in [2.24, 2.45) is 0 Å². The van der Waals surface area contributed by atoms with Gasteiger partial charge in [0.15, 0.2) is 0 Å². The Morgan fingerprint density at radius 2 is 1.59 bits per heavy atom. The zero-order valence-electron chi connectivity index (χ0n) is 26.5. The number of pyridine rings is 1. The van der Waals surface area contributed by atoms with Gasteiger partial charge < -0.3 is 15.4 Å². The van der Waals surface area contributed by atoms with E-state index in [4.69, 9.17) is 9.84 Å². The van der Waals surface area contributed by atoms with Crippen LogP contribution < -0.4 is 20.7 Å². The molecule has 3 N–H and O–H groups in total. The summed E-state index contributed by atoms with van der Waals surface area (Å²) in [6.07, 6.45) is 6.59. The Kier molecular flexibility index (Phi) is 8.35. The van der Waals surface area contributed by atoms with E-state index in [1.807, 2.05) is 54.6 Å². The number of carbonyl (C=O) groups is 1. The number of ether oxygens (including phenoxy) is 1. The van der Waals surface area contributed by atoms with Crippen LogP contribution in [0.15, 0.2) is 97.6 Å². The minimum atomic E-state index is -0.371. The highest BCUT2D eigenvalue weighted by atomic mass is 16.5. The Morgan fingerprint density at radius 3 is 2.33 bits per heavy atom. The van der Waals surface area contributed by atoms with E-state index >= 15 is 0 Å². The summed E-state index contributed by atoms with van der Waals surface area (Å²) in [4.78, 5) is 26.1. The number of carbonyl (C=O) groups excluding carboxylic acids is 1. The highest BCUT2D eigenvalue weighted by Crippen LogP contribution is 2.33. The van der Waals surface area contributed by atoms with Crippen LogP contribution in [0.5, 0.6) is 5.75 Å². The van der Waals surface area contributed by atoms with Crippen molar-refractivity contribution < 1.29 is 9.53 Å². The third kappa shape index (κ3) is 6.96. The molecule has 0 saturated heterocycles. The smallest absolute Gasteiger partial charge is 0.324 e. The molecule has 46 heavy (non-hydrogen) atoms. The summed E-state index contributed by atoms with van der Waals surface area (Å²) in [7, 11) is 0. The molecular formula is C36H36N8O2. The molecule has 0 aliphatic rings. The highest BCUT2D eigenvalue weighted by molar-refractivity contribution is 6.07. The van der Waals surface area contributed by atoms with Gasteiger partial charge in [0.25, 0.3) is 0 Å². The van der Waals surface area contributed by atoms with Gasteiger partial charge in [0, 0.05) is 40.8 Å². The third-order valence-electron chi connectivity index (χ3n) is 7.34. The van der Waals surface area contributed by atoms with Gasteiger partial charge in [-0.25, -0.2) is 19.4 Å². The van der Waals surface area contributed by atoms with Gasteiger partial charge in [-0.2, -0.15) is 5.10 Å². The Hall–Kier alpha value is -5.77.